The summed E-state index contributed by atoms with van der Waals surface area (Å²) in [5.74, 6) is 0.321. The highest BCUT2D eigenvalue weighted by Crippen LogP contribution is 2.27. The lowest BCUT2D eigenvalue weighted by atomic mass is 10.1. The van der Waals surface area contributed by atoms with E-state index in [1.54, 1.807) is 10.6 Å². The molecule has 5 nitrogen and oxygen atoms in total. The molecule has 29 heavy (non-hydrogen) atoms. The summed E-state index contributed by atoms with van der Waals surface area (Å²) in [7, 11) is 0. The minimum absolute atomic E-state index is 0.0568. The molecule has 0 fully saturated rings. The molecule has 0 aliphatic rings. The van der Waals surface area contributed by atoms with Gasteiger partial charge in [0, 0.05) is 6.54 Å². The van der Waals surface area contributed by atoms with E-state index in [1.165, 1.54) is 11.8 Å². The molecule has 0 unspecified atom stereocenters. The fourth-order valence-corrected chi connectivity index (χ4v) is 3.97. The third-order valence-electron chi connectivity index (χ3n) is 4.69. The second-order valence-corrected chi connectivity index (χ2v) is 9.05. The molecule has 0 aliphatic heterocycles. The number of para-hydroxylation sites is 1. The Balaban J connectivity index is 2.11. The van der Waals surface area contributed by atoms with E-state index in [4.69, 9.17) is 4.98 Å². The number of benzene rings is 2. The summed E-state index contributed by atoms with van der Waals surface area (Å²) < 4.78 is 1.64. The number of nitrogens with zero attached hydrogens (tertiary/aromatic N) is 2. The number of fused-ring (bicyclic) bond motifs is 1. The second-order valence-electron chi connectivity index (χ2n) is 7.74. The topological polar surface area (TPSA) is 64.0 Å². The van der Waals surface area contributed by atoms with Crippen LogP contribution in [0.1, 0.15) is 31.9 Å². The molecule has 6 heteroatoms. The Bertz CT molecular complexity index is 1100. The van der Waals surface area contributed by atoms with Crippen molar-refractivity contribution in [2.24, 2.45) is 5.92 Å². The smallest absolute Gasteiger partial charge is 0.266 e. The van der Waals surface area contributed by atoms with Crippen LogP contribution in [0.2, 0.25) is 0 Å². The summed E-state index contributed by atoms with van der Waals surface area (Å²) in [4.78, 5) is 30.7. The Morgan fingerprint density at radius 1 is 1.14 bits per heavy atom. The van der Waals surface area contributed by atoms with Gasteiger partial charge >= 0.3 is 0 Å². The summed E-state index contributed by atoms with van der Waals surface area (Å²) >= 11 is 1.31. The SMILES string of the molecule is Cc1ccc(C)c(-n2c(S[C@H](C)C(=O)NCC(C)C)nc3ccccc3c2=O)c1. The predicted molar refractivity (Wildman–Crippen MR) is 120 cm³/mol. The molecule has 3 aromatic rings. The lowest BCUT2D eigenvalue weighted by Gasteiger charge is -2.18. The quantitative estimate of drug-likeness (QED) is 0.488. The van der Waals surface area contributed by atoms with Crippen molar-refractivity contribution in [3.8, 4) is 5.69 Å². The van der Waals surface area contributed by atoms with Crippen molar-refractivity contribution < 1.29 is 4.79 Å². The third-order valence-corrected chi connectivity index (χ3v) is 5.74. The summed E-state index contributed by atoms with van der Waals surface area (Å²) in [6, 6.07) is 13.3. The Kier molecular flexibility index (Phi) is 6.42. The maximum atomic E-state index is 13.4. The normalized spacial score (nSPS) is 12.3. The fraction of sp³-hybridized carbons (Fsp3) is 0.348. The Labute approximate surface area is 175 Å². The average Bonchev–Trinajstić information content (AvgIpc) is 2.68. The highest BCUT2D eigenvalue weighted by molar-refractivity contribution is 8.00. The van der Waals surface area contributed by atoms with E-state index in [9.17, 15) is 9.59 Å². The van der Waals surface area contributed by atoms with Gasteiger partial charge in [-0.3, -0.25) is 14.2 Å². The molecule has 3 rings (SSSR count). The van der Waals surface area contributed by atoms with Gasteiger partial charge in [-0.25, -0.2) is 4.98 Å². The van der Waals surface area contributed by atoms with Gasteiger partial charge in [0.05, 0.1) is 21.8 Å². The van der Waals surface area contributed by atoms with Crippen LogP contribution in [0.3, 0.4) is 0 Å². The van der Waals surface area contributed by atoms with Crippen LogP contribution < -0.4 is 10.9 Å². The minimum atomic E-state index is -0.377. The van der Waals surface area contributed by atoms with Crippen LogP contribution in [0.25, 0.3) is 16.6 Å². The molecule has 0 radical (unpaired) electrons. The van der Waals surface area contributed by atoms with Crippen LogP contribution in [0.4, 0.5) is 0 Å². The van der Waals surface area contributed by atoms with Crippen LogP contribution in [-0.2, 0) is 4.79 Å². The molecule has 0 spiro atoms. The van der Waals surface area contributed by atoms with Gasteiger partial charge in [0.2, 0.25) is 5.91 Å². The van der Waals surface area contributed by atoms with E-state index < -0.39 is 0 Å². The number of rotatable bonds is 6. The number of amides is 1. The first-order chi connectivity index (χ1) is 13.8. The predicted octanol–water partition coefficient (Wildman–Crippen LogP) is 4.26. The minimum Gasteiger partial charge on any atom is -0.355 e. The largest absolute Gasteiger partial charge is 0.355 e. The zero-order valence-corrected chi connectivity index (χ0v) is 18.3. The van der Waals surface area contributed by atoms with Gasteiger partial charge in [0.25, 0.3) is 5.56 Å². The van der Waals surface area contributed by atoms with Gasteiger partial charge in [0.15, 0.2) is 5.16 Å². The Hall–Kier alpha value is -2.60. The number of aryl methyl sites for hydroxylation is 2. The number of carbonyl (C=O) groups excluding carboxylic acids is 1. The van der Waals surface area contributed by atoms with Crippen molar-refractivity contribution >= 4 is 28.6 Å². The van der Waals surface area contributed by atoms with E-state index >= 15 is 0 Å². The Morgan fingerprint density at radius 2 is 1.86 bits per heavy atom. The van der Waals surface area contributed by atoms with E-state index in [0.717, 1.165) is 16.8 Å². The van der Waals surface area contributed by atoms with E-state index in [-0.39, 0.29) is 16.7 Å². The molecule has 1 atom stereocenters. The average molecular weight is 410 g/mol. The van der Waals surface area contributed by atoms with Crippen LogP contribution in [-0.4, -0.2) is 27.3 Å². The van der Waals surface area contributed by atoms with Crippen molar-refractivity contribution in [2.75, 3.05) is 6.54 Å². The molecule has 1 amide bonds. The number of hydrogen-bond acceptors (Lipinski definition) is 4. The lowest BCUT2D eigenvalue weighted by Crippen LogP contribution is -2.34. The van der Waals surface area contributed by atoms with Gasteiger partial charge in [-0.1, -0.05) is 49.9 Å². The maximum absolute atomic E-state index is 13.4. The summed E-state index contributed by atoms with van der Waals surface area (Å²) in [5.41, 5.74) is 3.35. The second kappa shape index (κ2) is 8.82. The fourth-order valence-electron chi connectivity index (χ4n) is 3.02. The number of aromatic nitrogens is 2. The number of nitrogens with one attached hydrogen (secondary N) is 1. The molecule has 0 bridgehead atoms. The van der Waals surface area contributed by atoms with Crippen molar-refractivity contribution in [1.82, 2.24) is 14.9 Å². The molecule has 1 aromatic heterocycles. The molecule has 1 N–H and O–H groups in total. The zero-order chi connectivity index (χ0) is 21.1. The summed E-state index contributed by atoms with van der Waals surface area (Å²) in [6.07, 6.45) is 0. The van der Waals surface area contributed by atoms with E-state index in [0.29, 0.717) is 28.5 Å². The molecule has 0 aliphatic carbocycles. The molecule has 2 aromatic carbocycles. The standard InChI is InChI=1S/C23H27N3O2S/c1-14(2)13-24-21(27)17(5)29-23-25-19-9-7-6-8-18(19)22(28)26(23)20-12-15(3)10-11-16(20)4/h6-12,14,17H,13H2,1-5H3,(H,24,27)/t17-/m1/s1. The summed E-state index contributed by atoms with van der Waals surface area (Å²) in [5, 5.41) is 3.67. The molecule has 0 saturated heterocycles. The highest BCUT2D eigenvalue weighted by atomic mass is 32.2. The van der Waals surface area contributed by atoms with Crippen LogP contribution in [0.15, 0.2) is 52.4 Å². The van der Waals surface area contributed by atoms with Gasteiger partial charge in [-0.2, -0.15) is 0 Å². The lowest BCUT2D eigenvalue weighted by molar-refractivity contribution is -0.120. The first-order valence-corrected chi connectivity index (χ1v) is 10.7. The first kappa shape index (κ1) is 21.1. The Morgan fingerprint density at radius 3 is 2.59 bits per heavy atom. The molecule has 1 heterocycles. The zero-order valence-electron chi connectivity index (χ0n) is 17.5. The number of carbonyl (C=O) groups is 1. The summed E-state index contributed by atoms with van der Waals surface area (Å²) in [6.45, 7) is 10.6. The van der Waals surface area contributed by atoms with Crippen LogP contribution >= 0.6 is 11.8 Å². The van der Waals surface area contributed by atoms with Gasteiger partial charge in [-0.05, 0) is 56.0 Å². The van der Waals surface area contributed by atoms with Crippen LogP contribution in [0.5, 0.6) is 0 Å². The van der Waals surface area contributed by atoms with Crippen molar-refractivity contribution in [1.29, 1.82) is 0 Å². The van der Waals surface area contributed by atoms with E-state index in [2.05, 4.69) is 19.2 Å². The van der Waals surface area contributed by atoms with E-state index in [1.807, 2.05) is 57.2 Å². The third kappa shape index (κ3) is 4.70. The van der Waals surface area contributed by atoms with Crippen LogP contribution in [0, 0.1) is 19.8 Å². The highest BCUT2D eigenvalue weighted by Gasteiger charge is 2.21. The van der Waals surface area contributed by atoms with Gasteiger partial charge in [0.1, 0.15) is 0 Å². The van der Waals surface area contributed by atoms with Crippen molar-refractivity contribution in [3.05, 3.63) is 63.9 Å². The number of hydrogen-bond donors (Lipinski definition) is 1. The molecule has 0 saturated carbocycles. The maximum Gasteiger partial charge on any atom is 0.266 e. The molecule has 152 valence electrons. The van der Waals surface area contributed by atoms with Crippen molar-refractivity contribution in [2.45, 2.75) is 45.0 Å². The van der Waals surface area contributed by atoms with Crippen molar-refractivity contribution in [3.63, 3.8) is 0 Å². The molecular formula is C23H27N3O2S. The van der Waals surface area contributed by atoms with Gasteiger partial charge in [-0.15, -0.1) is 0 Å². The number of thioether (sulfide) groups is 1. The van der Waals surface area contributed by atoms with Gasteiger partial charge < -0.3 is 5.32 Å². The first-order valence-electron chi connectivity index (χ1n) is 9.81. The monoisotopic (exact) mass is 409 g/mol. The molecular weight excluding hydrogens is 382 g/mol.